The number of rotatable bonds is 6. The Morgan fingerprint density at radius 3 is 2.81 bits per heavy atom. The van der Waals surface area contributed by atoms with Crippen molar-refractivity contribution in [2.24, 2.45) is 0 Å². The van der Waals surface area contributed by atoms with E-state index in [9.17, 15) is 9.59 Å². The quantitative estimate of drug-likeness (QED) is 0.596. The number of benzene rings is 1. The van der Waals surface area contributed by atoms with Crippen LogP contribution in [0.5, 0.6) is 0 Å². The zero-order valence-electron chi connectivity index (χ0n) is 11.7. The highest BCUT2D eigenvalue weighted by Crippen LogP contribution is 2.15. The van der Waals surface area contributed by atoms with Crippen LogP contribution < -0.4 is 0 Å². The molecule has 110 valence electrons. The van der Waals surface area contributed by atoms with Gasteiger partial charge in [0.15, 0.2) is 5.78 Å². The van der Waals surface area contributed by atoms with Gasteiger partial charge in [0.25, 0.3) is 0 Å². The van der Waals surface area contributed by atoms with E-state index in [1.165, 1.54) is 12.2 Å². The van der Waals surface area contributed by atoms with E-state index in [4.69, 9.17) is 9.47 Å². The fourth-order valence-electron chi connectivity index (χ4n) is 2.02. The van der Waals surface area contributed by atoms with E-state index < -0.39 is 12.4 Å². The number of carbonyl (C=O) groups is 2. The van der Waals surface area contributed by atoms with Crippen molar-refractivity contribution in [1.82, 2.24) is 0 Å². The molecule has 1 aromatic rings. The molecule has 0 fully saturated rings. The lowest BCUT2D eigenvalue weighted by atomic mass is 10.1. The van der Waals surface area contributed by atoms with E-state index in [2.05, 4.69) is 6.58 Å². The molecule has 4 heteroatoms. The van der Waals surface area contributed by atoms with Crippen molar-refractivity contribution >= 4 is 11.8 Å². The first-order valence-electron chi connectivity index (χ1n) is 6.91. The summed E-state index contributed by atoms with van der Waals surface area (Å²) in [6.45, 7) is 3.57. The van der Waals surface area contributed by atoms with Crippen molar-refractivity contribution in [2.45, 2.75) is 31.7 Å². The molecule has 0 amide bonds. The van der Waals surface area contributed by atoms with Gasteiger partial charge in [-0.05, 0) is 30.6 Å². The molecular weight excluding hydrogens is 268 g/mol. The first-order chi connectivity index (χ1) is 10.2. The summed E-state index contributed by atoms with van der Waals surface area (Å²) >= 11 is 0. The zero-order chi connectivity index (χ0) is 15.1. The summed E-state index contributed by atoms with van der Waals surface area (Å²) in [5, 5.41) is 0. The number of hydrogen-bond donors (Lipinski definition) is 0. The minimum absolute atomic E-state index is 0.133. The Morgan fingerprint density at radius 1 is 1.33 bits per heavy atom. The van der Waals surface area contributed by atoms with Crippen molar-refractivity contribution in [3.63, 3.8) is 0 Å². The van der Waals surface area contributed by atoms with Gasteiger partial charge in [0.2, 0.25) is 6.29 Å². The van der Waals surface area contributed by atoms with E-state index in [1.807, 2.05) is 30.3 Å². The average molecular weight is 286 g/mol. The fraction of sp³-hybridized carbons (Fsp3) is 0.294. The molecule has 1 aliphatic rings. The number of esters is 1. The standard InChI is InChI=1S/C17H18O4/c1-2-6-15-14(18)10-12-17(20-15)21-16(19)11-9-13-7-4-3-5-8-13/h2-5,7-8,10,12,15,17H,1,6,9,11H2/t15-,17-/m0/s1. The maximum atomic E-state index is 11.8. The molecule has 21 heavy (non-hydrogen) atoms. The molecular formula is C17H18O4. The molecule has 0 bridgehead atoms. The smallest absolute Gasteiger partial charge is 0.308 e. The van der Waals surface area contributed by atoms with Gasteiger partial charge in [0.05, 0.1) is 0 Å². The van der Waals surface area contributed by atoms with Crippen LogP contribution in [-0.4, -0.2) is 24.1 Å². The third kappa shape index (κ3) is 4.68. The molecule has 0 saturated carbocycles. The highest BCUT2D eigenvalue weighted by molar-refractivity contribution is 5.94. The number of ketones is 1. The molecule has 0 spiro atoms. The molecule has 0 unspecified atom stereocenters. The normalized spacial score (nSPS) is 21.0. The third-order valence-corrected chi connectivity index (χ3v) is 3.12. The number of carbonyl (C=O) groups excluding carboxylic acids is 2. The monoisotopic (exact) mass is 286 g/mol. The lowest BCUT2D eigenvalue weighted by molar-refractivity contribution is -0.181. The average Bonchev–Trinajstić information content (AvgIpc) is 2.50. The molecule has 2 rings (SSSR count). The van der Waals surface area contributed by atoms with Crippen LogP contribution in [-0.2, 0) is 25.5 Å². The SMILES string of the molecule is C=CC[C@@H]1O[C@@H](OC(=O)CCc2ccccc2)C=CC1=O. The molecule has 0 aromatic heterocycles. The maximum Gasteiger partial charge on any atom is 0.308 e. The van der Waals surface area contributed by atoms with Crippen molar-refractivity contribution in [2.75, 3.05) is 0 Å². The number of ether oxygens (including phenoxy) is 2. The van der Waals surface area contributed by atoms with Gasteiger partial charge in [-0.2, -0.15) is 0 Å². The predicted octanol–water partition coefficient (Wildman–Crippen LogP) is 2.59. The van der Waals surface area contributed by atoms with Crippen LogP contribution >= 0.6 is 0 Å². The van der Waals surface area contributed by atoms with Crippen molar-refractivity contribution in [3.8, 4) is 0 Å². The van der Waals surface area contributed by atoms with E-state index >= 15 is 0 Å². The Balaban J connectivity index is 1.81. The Labute approximate surface area is 124 Å². The van der Waals surface area contributed by atoms with Gasteiger partial charge >= 0.3 is 5.97 Å². The molecule has 0 radical (unpaired) electrons. The molecule has 1 aromatic carbocycles. The molecule has 1 aliphatic heterocycles. The highest BCUT2D eigenvalue weighted by Gasteiger charge is 2.26. The van der Waals surface area contributed by atoms with E-state index in [1.54, 1.807) is 6.08 Å². The summed E-state index contributed by atoms with van der Waals surface area (Å²) < 4.78 is 10.6. The van der Waals surface area contributed by atoms with E-state index in [0.717, 1.165) is 5.56 Å². The van der Waals surface area contributed by atoms with Crippen LogP contribution in [0, 0.1) is 0 Å². The Bertz CT molecular complexity index is 533. The summed E-state index contributed by atoms with van der Waals surface area (Å²) in [5.41, 5.74) is 1.08. The van der Waals surface area contributed by atoms with Crippen LogP contribution in [0.2, 0.25) is 0 Å². The first-order valence-corrected chi connectivity index (χ1v) is 6.91. The lowest BCUT2D eigenvalue weighted by Gasteiger charge is -2.23. The van der Waals surface area contributed by atoms with Gasteiger partial charge in [0, 0.05) is 6.42 Å². The Kier molecular flexibility index (Phi) is 5.46. The Morgan fingerprint density at radius 2 is 2.10 bits per heavy atom. The second kappa shape index (κ2) is 7.55. The Hall–Kier alpha value is -2.20. The van der Waals surface area contributed by atoms with Crippen molar-refractivity contribution < 1.29 is 19.1 Å². The second-order valence-electron chi connectivity index (χ2n) is 4.75. The second-order valence-corrected chi connectivity index (χ2v) is 4.75. The molecule has 1 heterocycles. The van der Waals surface area contributed by atoms with Crippen LogP contribution in [0.3, 0.4) is 0 Å². The molecule has 0 saturated heterocycles. The minimum Gasteiger partial charge on any atom is -0.432 e. The fourth-order valence-corrected chi connectivity index (χ4v) is 2.02. The van der Waals surface area contributed by atoms with Gasteiger partial charge in [-0.1, -0.05) is 36.4 Å². The maximum absolute atomic E-state index is 11.8. The molecule has 2 atom stereocenters. The lowest BCUT2D eigenvalue weighted by Crippen LogP contribution is -2.34. The van der Waals surface area contributed by atoms with Crippen LogP contribution in [0.1, 0.15) is 18.4 Å². The molecule has 0 N–H and O–H groups in total. The van der Waals surface area contributed by atoms with Crippen LogP contribution in [0.25, 0.3) is 0 Å². The third-order valence-electron chi connectivity index (χ3n) is 3.12. The summed E-state index contributed by atoms with van der Waals surface area (Å²) in [6, 6.07) is 9.71. The van der Waals surface area contributed by atoms with Gasteiger partial charge in [0.1, 0.15) is 6.10 Å². The predicted molar refractivity (Wildman–Crippen MR) is 78.5 cm³/mol. The largest absolute Gasteiger partial charge is 0.432 e. The van der Waals surface area contributed by atoms with E-state index in [-0.39, 0.29) is 18.2 Å². The summed E-state index contributed by atoms with van der Waals surface area (Å²) in [5.74, 6) is -0.480. The van der Waals surface area contributed by atoms with Crippen molar-refractivity contribution in [3.05, 3.63) is 60.7 Å². The van der Waals surface area contributed by atoms with Gasteiger partial charge in [-0.3, -0.25) is 9.59 Å². The van der Waals surface area contributed by atoms with Gasteiger partial charge in [-0.25, -0.2) is 0 Å². The van der Waals surface area contributed by atoms with Crippen LogP contribution in [0.15, 0.2) is 55.1 Å². The molecule has 0 aliphatic carbocycles. The topological polar surface area (TPSA) is 52.6 Å². The summed E-state index contributed by atoms with van der Waals surface area (Å²) in [4.78, 5) is 23.3. The zero-order valence-corrected chi connectivity index (χ0v) is 11.7. The summed E-state index contributed by atoms with van der Waals surface area (Å²) in [7, 11) is 0. The highest BCUT2D eigenvalue weighted by atomic mass is 16.7. The number of hydrogen-bond acceptors (Lipinski definition) is 4. The van der Waals surface area contributed by atoms with Gasteiger partial charge < -0.3 is 9.47 Å². The van der Waals surface area contributed by atoms with Gasteiger partial charge in [-0.15, -0.1) is 6.58 Å². The summed E-state index contributed by atoms with van der Waals surface area (Å²) in [6.07, 6.45) is 4.35. The van der Waals surface area contributed by atoms with Crippen molar-refractivity contribution in [1.29, 1.82) is 0 Å². The first kappa shape index (κ1) is 15.2. The van der Waals surface area contributed by atoms with E-state index in [0.29, 0.717) is 12.8 Å². The van der Waals surface area contributed by atoms with Crippen LogP contribution in [0.4, 0.5) is 0 Å². The minimum atomic E-state index is -0.795. The molecule has 4 nitrogen and oxygen atoms in total. The number of aryl methyl sites for hydroxylation is 1.